The van der Waals surface area contributed by atoms with Gasteiger partial charge in [0.05, 0.1) is 11.4 Å². The fourth-order valence-corrected chi connectivity index (χ4v) is 3.46. The summed E-state index contributed by atoms with van der Waals surface area (Å²) in [4.78, 5) is 53.3. The highest BCUT2D eigenvalue weighted by molar-refractivity contribution is 9.10. The van der Waals surface area contributed by atoms with E-state index >= 15 is 0 Å². The Bertz CT molecular complexity index is 1130. The first-order chi connectivity index (χ1) is 14.1. The second-order valence-corrected chi connectivity index (χ2v) is 7.47. The number of rotatable bonds is 4. The van der Waals surface area contributed by atoms with E-state index in [9.17, 15) is 24.3 Å². The van der Waals surface area contributed by atoms with Crippen LogP contribution in [0.25, 0.3) is 0 Å². The Morgan fingerprint density at radius 1 is 1.17 bits per heavy atom. The average Bonchev–Trinajstić information content (AvgIpc) is 2.65. The van der Waals surface area contributed by atoms with Crippen molar-refractivity contribution in [3.8, 4) is 5.75 Å². The van der Waals surface area contributed by atoms with E-state index in [-0.39, 0.29) is 16.9 Å². The van der Waals surface area contributed by atoms with Crippen molar-refractivity contribution in [1.82, 2.24) is 5.32 Å². The van der Waals surface area contributed by atoms with Crippen LogP contribution in [0.15, 0.2) is 39.8 Å². The molecule has 154 valence electrons. The predicted octanol–water partition coefficient (Wildman–Crippen LogP) is 3.07. The Kier molecular flexibility index (Phi) is 5.70. The zero-order valence-corrected chi connectivity index (χ0v) is 17.4. The monoisotopic (exact) mass is 473 g/mol. The van der Waals surface area contributed by atoms with E-state index in [1.165, 1.54) is 6.07 Å². The average molecular weight is 474 g/mol. The molecular weight excluding hydrogens is 458 g/mol. The standard InChI is InChI=1S/C20H16BrN3O6/c1-9-5-14(21)15(6-10(9)2)24-18(27)13(17(26)23-20(24)30)8-22-11-3-4-12(19(28)29)16(25)7-11/h3-8,13,25H,1-2H3,(H,28,29)(H,23,26,30). The number of hydrogen-bond donors (Lipinski definition) is 3. The van der Waals surface area contributed by atoms with E-state index in [1.807, 2.05) is 13.8 Å². The second-order valence-electron chi connectivity index (χ2n) is 6.62. The highest BCUT2D eigenvalue weighted by atomic mass is 79.9. The van der Waals surface area contributed by atoms with Gasteiger partial charge in [-0.3, -0.25) is 19.9 Å². The first-order valence-electron chi connectivity index (χ1n) is 8.66. The summed E-state index contributed by atoms with van der Waals surface area (Å²) in [6, 6.07) is 6.10. The molecule has 1 fully saturated rings. The molecule has 9 nitrogen and oxygen atoms in total. The number of urea groups is 1. The van der Waals surface area contributed by atoms with Gasteiger partial charge in [-0.05, 0) is 65.2 Å². The van der Waals surface area contributed by atoms with Crippen LogP contribution in [-0.2, 0) is 9.59 Å². The number of carboxylic acids is 1. The van der Waals surface area contributed by atoms with Gasteiger partial charge < -0.3 is 10.2 Å². The normalized spacial score (nSPS) is 16.8. The summed E-state index contributed by atoms with van der Waals surface area (Å²) < 4.78 is 0.508. The summed E-state index contributed by atoms with van der Waals surface area (Å²) >= 11 is 3.34. The lowest BCUT2D eigenvalue weighted by Gasteiger charge is -2.29. The zero-order chi connectivity index (χ0) is 22.2. The topological polar surface area (TPSA) is 136 Å². The molecule has 1 aliphatic rings. The fourth-order valence-electron chi connectivity index (χ4n) is 2.83. The second kappa shape index (κ2) is 8.07. The maximum atomic E-state index is 12.9. The number of hydrogen-bond acceptors (Lipinski definition) is 6. The SMILES string of the molecule is Cc1cc(Br)c(N2C(=O)NC(=O)C(C=Nc3ccc(C(=O)O)c(O)c3)C2=O)cc1C. The first-order valence-corrected chi connectivity index (χ1v) is 9.45. The van der Waals surface area contributed by atoms with Crippen LogP contribution in [0.4, 0.5) is 16.2 Å². The molecule has 0 aromatic heterocycles. The Labute approximate surface area is 179 Å². The summed E-state index contributed by atoms with van der Waals surface area (Å²) in [6.07, 6.45) is 1.04. The van der Waals surface area contributed by atoms with Crippen LogP contribution in [0.5, 0.6) is 5.75 Å². The molecule has 4 amide bonds. The lowest BCUT2D eigenvalue weighted by atomic mass is 10.0. The van der Waals surface area contributed by atoms with Gasteiger partial charge in [0.2, 0.25) is 5.91 Å². The number of halogens is 1. The molecule has 0 bridgehead atoms. The van der Waals surface area contributed by atoms with Crippen LogP contribution in [0.1, 0.15) is 21.5 Å². The van der Waals surface area contributed by atoms with Gasteiger partial charge in [-0.15, -0.1) is 0 Å². The third kappa shape index (κ3) is 3.94. The number of carbonyl (C=O) groups is 4. The summed E-state index contributed by atoms with van der Waals surface area (Å²) in [7, 11) is 0. The number of amides is 4. The number of carboxylic acid groups (broad SMARTS) is 1. The van der Waals surface area contributed by atoms with Crippen LogP contribution in [0.2, 0.25) is 0 Å². The molecule has 0 spiro atoms. The number of aromatic carboxylic acids is 1. The number of nitrogens with zero attached hydrogens (tertiary/aromatic N) is 2. The fraction of sp³-hybridized carbons (Fsp3) is 0.150. The van der Waals surface area contributed by atoms with Gasteiger partial charge in [0.15, 0.2) is 5.92 Å². The largest absolute Gasteiger partial charge is 0.507 e. The van der Waals surface area contributed by atoms with E-state index in [4.69, 9.17) is 5.11 Å². The smallest absolute Gasteiger partial charge is 0.339 e. The minimum atomic E-state index is -1.39. The molecule has 1 aliphatic heterocycles. The number of aliphatic imine (C=N–C) groups is 1. The Morgan fingerprint density at radius 2 is 1.83 bits per heavy atom. The van der Waals surface area contributed by atoms with Crippen LogP contribution < -0.4 is 10.2 Å². The van der Waals surface area contributed by atoms with Crippen molar-refractivity contribution in [2.45, 2.75) is 13.8 Å². The summed E-state index contributed by atoms with van der Waals surface area (Å²) in [6.45, 7) is 3.71. The molecular formula is C20H16BrN3O6. The molecule has 1 unspecified atom stereocenters. The number of phenols is 1. The third-order valence-corrected chi connectivity index (χ3v) is 5.23. The summed E-state index contributed by atoms with van der Waals surface area (Å²) in [5.74, 6) is -4.83. The molecule has 2 aromatic rings. The van der Waals surface area contributed by atoms with Crippen LogP contribution in [0.3, 0.4) is 0 Å². The third-order valence-electron chi connectivity index (χ3n) is 4.59. The van der Waals surface area contributed by atoms with Gasteiger partial charge in [-0.2, -0.15) is 0 Å². The number of aromatic hydroxyl groups is 1. The molecule has 1 saturated heterocycles. The maximum absolute atomic E-state index is 12.9. The number of imide groups is 2. The van der Waals surface area contributed by atoms with Crippen LogP contribution in [0, 0.1) is 19.8 Å². The number of anilines is 1. The molecule has 1 heterocycles. The molecule has 3 rings (SSSR count). The van der Waals surface area contributed by atoms with Crippen molar-refractivity contribution < 1.29 is 29.4 Å². The molecule has 0 radical (unpaired) electrons. The number of benzene rings is 2. The summed E-state index contributed by atoms with van der Waals surface area (Å²) in [5, 5.41) is 20.8. The lowest BCUT2D eigenvalue weighted by molar-refractivity contribution is -0.131. The van der Waals surface area contributed by atoms with Crippen molar-refractivity contribution in [3.63, 3.8) is 0 Å². The number of aryl methyl sites for hydroxylation is 2. The van der Waals surface area contributed by atoms with Gasteiger partial charge in [0.25, 0.3) is 5.91 Å². The number of carbonyl (C=O) groups excluding carboxylic acids is 3. The number of nitrogens with one attached hydrogen (secondary N) is 1. The van der Waals surface area contributed by atoms with Gasteiger partial charge >= 0.3 is 12.0 Å². The summed E-state index contributed by atoms with van der Waals surface area (Å²) in [5.41, 5.74) is 1.92. The highest BCUT2D eigenvalue weighted by Gasteiger charge is 2.41. The van der Waals surface area contributed by atoms with Crippen LogP contribution in [-0.4, -0.2) is 40.2 Å². The highest BCUT2D eigenvalue weighted by Crippen LogP contribution is 2.32. The van der Waals surface area contributed by atoms with E-state index in [1.54, 1.807) is 12.1 Å². The van der Waals surface area contributed by atoms with Crippen molar-refractivity contribution in [2.75, 3.05) is 4.90 Å². The predicted molar refractivity (Wildman–Crippen MR) is 111 cm³/mol. The van der Waals surface area contributed by atoms with E-state index in [2.05, 4.69) is 26.2 Å². The van der Waals surface area contributed by atoms with Crippen molar-refractivity contribution in [3.05, 3.63) is 51.5 Å². The van der Waals surface area contributed by atoms with Crippen molar-refractivity contribution >= 4 is 57.3 Å². The Morgan fingerprint density at radius 3 is 2.47 bits per heavy atom. The molecule has 3 N–H and O–H groups in total. The first kappa shape index (κ1) is 21.2. The van der Waals surface area contributed by atoms with E-state index in [0.29, 0.717) is 4.47 Å². The minimum Gasteiger partial charge on any atom is -0.507 e. The lowest BCUT2D eigenvalue weighted by Crippen LogP contribution is -2.58. The Hall–Kier alpha value is -3.53. The molecule has 10 heteroatoms. The Balaban J connectivity index is 1.93. The van der Waals surface area contributed by atoms with Crippen LogP contribution >= 0.6 is 15.9 Å². The van der Waals surface area contributed by atoms with Gasteiger partial charge in [0, 0.05) is 16.8 Å². The zero-order valence-electron chi connectivity index (χ0n) is 15.8. The molecule has 0 saturated carbocycles. The molecule has 1 atom stereocenters. The van der Waals surface area contributed by atoms with Crippen molar-refractivity contribution in [1.29, 1.82) is 0 Å². The van der Waals surface area contributed by atoms with E-state index in [0.717, 1.165) is 34.4 Å². The molecule has 2 aromatic carbocycles. The minimum absolute atomic E-state index is 0.133. The van der Waals surface area contributed by atoms with E-state index < -0.39 is 35.5 Å². The van der Waals surface area contributed by atoms with Gasteiger partial charge in [-0.25, -0.2) is 14.5 Å². The van der Waals surface area contributed by atoms with Gasteiger partial charge in [0.1, 0.15) is 11.3 Å². The van der Waals surface area contributed by atoms with Gasteiger partial charge in [-0.1, -0.05) is 0 Å². The molecule has 0 aliphatic carbocycles. The molecule has 30 heavy (non-hydrogen) atoms. The quantitative estimate of drug-likeness (QED) is 0.460. The van der Waals surface area contributed by atoms with Crippen molar-refractivity contribution in [2.24, 2.45) is 10.9 Å². The maximum Gasteiger partial charge on any atom is 0.339 e. The number of barbiturate groups is 1.